The molecular weight excluding hydrogens is 352 g/mol. The third-order valence-electron chi connectivity index (χ3n) is 3.69. The second-order valence-electron chi connectivity index (χ2n) is 5.73. The molecule has 25 heavy (non-hydrogen) atoms. The van der Waals surface area contributed by atoms with E-state index in [9.17, 15) is 0 Å². The number of benzene rings is 2. The fourth-order valence-corrected chi connectivity index (χ4v) is 3.36. The predicted molar refractivity (Wildman–Crippen MR) is 102 cm³/mol. The maximum absolute atomic E-state index is 9.01. The highest BCUT2D eigenvalue weighted by molar-refractivity contribution is 7.99. The van der Waals surface area contributed by atoms with Gasteiger partial charge in [-0.25, -0.2) is 0 Å². The van der Waals surface area contributed by atoms with Crippen LogP contribution < -0.4 is 0 Å². The summed E-state index contributed by atoms with van der Waals surface area (Å²) in [6.07, 6.45) is 0. The number of hydrogen-bond donors (Lipinski definition) is 0. The quantitative estimate of drug-likeness (QED) is 0.581. The molecule has 1 aromatic heterocycles. The summed E-state index contributed by atoms with van der Waals surface area (Å²) < 4.78 is 2.09. The van der Waals surface area contributed by atoms with E-state index in [1.807, 2.05) is 49.4 Å². The molecule has 3 aromatic rings. The van der Waals surface area contributed by atoms with E-state index in [0.717, 1.165) is 16.5 Å². The molecule has 0 aliphatic carbocycles. The van der Waals surface area contributed by atoms with Crippen LogP contribution in [0.25, 0.3) is 11.4 Å². The summed E-state index contributed by atoms with van der Waals surface area (Å²) in [6.45, 7) is 2.58. The Morgan fingerprint density at radius 3 is 2.52 bits per heavy atom. The van der Waals surface area contributed by atoms with Gasteiger partial charge in [-0.3, -0.25) is 4.57 Å². The zero-order chi connectivity index (χ0) is 17.6. The van der Waals surface area contributed by atoms with E-state index >= 15 is 0 Å². The SMILES string of the molecule is C[C@H](C#N)CSc1nnc(-c2ccc(Cl)cc2)n1Cc1ccccc1. The van der Waals surface area contributed by atoms with Gasteiger partial charge in [0.2, 0.25) is 0 Å². The van der Waals surface area contributed by atoms with E-state index in [1.54, 1.807) is 11.8 Å². The molecule has 0 N–H and O–H groups in total. The predicted octanol–water partition coefficient (Wildman–Crippen LogP) is 4.90. The van der Waals surface area contributed by atoms with Crippen molar-refractivity contribution in [1.82, 2.24) is 14.8 Å². The van der Waals surface area contributed by atoms with Crippen LogP contribution in [0.15, 0.2) is 59.8 Å². The van der Waals surface area contributed by atoms with Crippen LogP contribution in [-0.4, -0.2) is 20.5 Å². The van der Waals surface area contributed by atoms with Crippen LogP contribution in [0.3, 0.4) is 0 Å². The van der Waals surface area contributed by atoms with Gasteiger partial charge in [0.15, 0.2) is 11.0 Å². The van der Waals surface area contributed by atoms with Gasteiger partial charge >= 0.3 is 0 Å². The van der Waals surface area contributed by atoms with E-state index in [-0.39, 0.29) is 5.92 Å². The number of nitrogens with zero attached hydrogens (tertiary/aromatic N) is 4. The summed E-state index contributed by atoms with van der Waals surface area (Å²) in [7, 11) is 0. The molecule has 1 atom stereocenters. The van der Waals surface area contributed by atoms with Crippen LogP contribution in [0, 0.1) is 17.2 Å². The fourth-order valence-electron chi connectivity index (χ4n) is 2.35. The van der Waals surface area contributed by atoms with Gasteiger partial charge in [0.25, 0.3) is 0 Å². The van der Waals surface area contributed by atoms with Crippen LogP contribution in [0.5, 0.6) is 0 Å². The number of nitriles is 1. The first kappa shape index (κ1) is 17.5. The van der Waals surface area contributed by atoms with Crippen molar-refractivity contribution in [2.24, 2.45) is 5.92 Å². The molecule has 0 saturated carbocycles. The molecule has 0 fully saturated rings. The molecule has 0 spiro atoms. The van der Waals surface area contributed by atoms with Gasteiger partial charge in [0, 0.05) is 16.3 Å². The maximum atomic E-state index is 9.01. The van der Waals surface area contributed by atoms with Crippen molar-refractivity contribution in [1.29, 1.82) is 5.26 Å². The third kappa shape index (κ3) is 4.41. The molecular formula is C19H17ClN4S. The molecule has 0 bridgehead atoms. The molecule has 0 aliphatic heterocycles. The first-order valence-electron chi connectivity index (χ1n) is 7.93. The fraction of sp³-hybridized carbons (Fsp3) is 0.211. The van der Waals surface area contributed by atoms with Crippen molar-refractivity contribution < 1.29 is 0 Å². The Morgan fingerprint density at radius 1 is 1.12 bits per heavy atom. The molecule has 6 heteroatoms. The molecule has 1 heterocycles. The topological polar surface area (TPSA) is 54.5 Å². The van der Waals surface area contributed by atoms with E-state index < -0.39 is 0 Å². The standard InChI is InChI=1S/C19H17ClN4S/c1-14(11-21)13-25-19-23-22-18(16-7-9-17(20)10-8-16)24(19)12-15-5-3-2-4-6-15/h2-10,14H,12-13H2,1H3/t14-/m1/s1. The smallest absolute Gasteiger partial charge is 0.191 e. The van der Waals surface area contributed by atoms with Crippen LogP contribution in [-0.2, 0) is 6.54 Å². The molecule has 3 rings (SSSR count). The average molecular weight is 369 g/mol. The van der Waals surface area contributed by atoms with Crippen molar-refractivity contribution in [2.45, 2.75) is 18.6 Å². The molecule has 126 valence electrons. The number of hydrogen-bond acceptors (Lipinski definition) is 4. The Bertz CT molecular complexity index is 869. The highest BCUT2D eigenvalue weighted by atomic mass is 35.5. The number of halogens is 1. The highest BCUT2D eigenvalue weighted by Crippen LogP contribution is 2.27. The Balaban J connectivity index is 1.95. The highest BCUT2D eigenvalue weighted by Gasteiger charge is 2.16. The zero-order valence-corrected chi connectivity index (χ0v) is 15.3. The van der Waals surface area contributed by atoms with Gasteiger partial charge in [0.05, 0.1) is 18.5 Å². The van der Waals surface area contributed by atoms with Crippen molar-refractivity contribution in [3.05, 3.63) is 65.2 Å². The van der Waals surface area contributed by atoms with Gasteiger partial charge in [-0.2, -0.15) is 5.26 Å². The van der Waals surface area contributed by atoms with Crippen molar-refractivity contribution in [2.75, 3.05) is 5.75 Å². The molecule has 0 aliphatic rings. The summed E-state index contributed by atoms with van der Waals surface area (Å²) in [4.78, 5) is 0. The van der Waals surface area contributed by atoms with Crippen LogP contribution >= 0.6 is 23.4 Å². The van der Waals surface area contributed by atoms with Gasteiger partial charge in [-0.15, -0.1) is 10.2 Å². The molecule has 0 saturated heterocycles. The van der Waals surface area contributed by atoms with E-state index in [1.165, 1.54) is 5.56 Å². The van der Waals surface area contributed by atoms with Gasteiger partial charge in [0.1, 0.15) is 0 Å². The molecule has 2 aromatic carbocycles. The summed E-state index contributed by atoms with van der Waals surface area (Å²) in [5.41, 5.74) is 2.14. The first-order chi connectivity index (χ1) is 12.2. The lowest BCUT2D eigenvalue weighted by molar-refractivity contribution is 0.712. The van der Waals surface area contributed by atoms with E-state index in [4.69, 9.17) is 16.9 Å². The second-order valence-corrected chi connectivity index (χ2v) is 7.15. The minimum absolute atomic E-state index is 0.0362. The van der Waals surface area contributed by atoms with Gasteiger partial charge in [-0.05, 0) is 36.8 Å². The third-order valence-corrected chi connectivity index (χ3v) is 5.16. The zero-order valence-electron chi connectivity index (χ0n) is 13.8. The summed E-state index contributed by atoms with van der Waals surface area (Å²) in [6, 6.07) is 20.0. The lowest BCUT2D eigenvalue weighted by atomic mass is 10.2. The Kier molecular flexibility index (Phi) is 5.75. The minimum atomic E-state index is -0.0362. The first-order valence-corrected chi connectivity index (χ1v) is 9.29. The molecule has 0 amide bonds. The van der Waals surface area contributed by atoms with E-state index in [2.05, 4.69) is 33.0 Å². The van der Waals surface area contributed by atoms with Crippen LogP contribution in [0.1, 0.15) is 12.5 Å². The second kappa shape index (κ2) is 8.19. The molecule has 0 radical (unpaired) electrons. The monoisotopic (exact) mass is 368 g/mol. The summed E-state index contributed by atoms with van der Waals surface area (Å²) >= 11 is 7.56. The van der Waals surface area contributed by atoms with E-state index in [0.29, 0.717) is 17.3 Å². The van der Waals surface area contributed by atoms with Crippen molar-refractivity contribution in [3.63, 3.8) is 0 Å². The number of rotatable bonds is 6. The normalized spacial score (nSPS) is 11.9. The van der Waals surface area contributed by atoms with Crippen LogP contribution in [0.2, 0.25) is 5.02 Å². The lowest BCUT2D eigenvalue weighted by Gasteiger charge is -2.11. The Hall–Kier alpha value is -2.29. The summed E-state index contributed by atoms with van der Waals surface area (Å²) in [5, 5.41) is 19.2. The molecule has 0 unspecified atom stereocenters. The van der Waals surface area contributed by atoms with Crippen molar-refractivity contribution in [3.8, 4) is 17.5 Å². The Morgan fingerprint density at radius 2 is 1.84 bits per heavy atom. The van der Waals surface area contributed by atoms with Crippen LogP contribution in [0.4, 0.5) is 0 Å². The maximum Gasteiger partial charge on any atom is 0.191 e. The molecule has 4 nitrogen and oxygen atoms in total. The van der Waals surface area contributed by atoms with Gasteiger partial charge in [-0.1, -0.05) is 53.7 Å². The van der Waals surface area contributed by atoms with Gasteiger partial charge < -0.3 is 0 Å². The minimum Gasteiger partial charge on any atom is -0.298 e. The largest absolute Gasteiger partial charge is 0.298 e. The summed E-state index contributed by atoms with van der Waals surface area (Å²) in [5.74, 6) is 1.45. The number of thioether (sulfide) groups is 1. The lowest BCUT2D eigenvalue weighted by Crippen LogP contribution is -2.05. The van der Waals surface area contributed by atoms with Crippen molar-refractivity contribution >= 4 is 23.4 Å². The average Bonchev–Trinajstić information content (AvgIpc) is 3.03. The number of aromatic nitrogens is 3. The Labute approximate surface area is 156 Å².